The van der Waals surface area contributed by atoms with E-state index in [1.54, 1.807) is 30.5 Å². The minimum atomic E-state index is -0.302. The minimum Gasteiger partial charge on any atom is -0.419 e. The van der Waals surface area contributed by atoms with Gasteiger partial charge in [0.25, 0.3) is 0 Å². The van der Waals surface area contributed by atoms with E-state index < -0.39 is 0 Å². The fourth-order valence-electron chi connectivity index (χ4n) is 3.07. The Kier molecular flexibility index (Phi) is 4.77. The van der Waals surface area contributed by atoms with Gasteiger partial charge in [-0.15, -0.1) is 10.2 Å². The summed E-state index contributed by atoms with van der Waals surface area (Å²) >= 11 is 0. The Morgan fingerprint density at radius 3 is 2.59 bits per heavy atom. The number of benzene rings is 1. The van der Waals surface area contributed by atoms with Crippen molar-refractivity contribution in [3.05, 3.63) is 59.9 Å². The molecule has 0 unspecified atom stereocenters. The van der Waals surface area contributed by atoms with Crippen molar-refractivity contribution in [2.75, 3.05) is 31.1 Å². The van der Waals surface area contributed by atoms with Crippen LogP contribution in [0.4, 0.5) is 10.2 Å². The first-order valence-corrected chi connectivity index (χ1v) is 8.63. The summed E-state index contributed by atoms with van der Waals surface area (Å²) in [5.41, 5.74) is 1.28. The molecule has 0 aliphatic carbocycles. The number of hydrogen-bond donors (Lipinski definition) is 0. The highest BCUT2D eigenvalue weighted by atomic mass is 19.1. The number of nitriles is 1. The van der Waals surface area contributed by atoms with Crippen molar-refractivity contribution in [1.82, 2.24) is 20.1 Å². The normalized spacial score (nSPS) is 14.9. The summed E-state index contributed by atoms with van der Waals surface area (Å²) in [5.74, 6) is 1.34. The van der Waals surface area contributed by atoms with Gasteiger partial charge in [0, 0.05) is 37.9 Å². The third-order valence-electron chi connectivity index (χ3n) is 4.50. The van der Waals surface area contributed by atoms with E-state index in [4.69, 9.17) is 4.42 Å². The maximum atomic E-state index is 13.0. The van der Waals surface area contributed by atoms with Crippen LogP contribution in [0.25, 0.3) is 11.5 Å². The lowest BCUT2D eigenvalue weighted by Crippen LogP contribution is -2.46. The maximum absolute atomic E-state index is 13.0. The quantitative estimate of drug-likeness (QED) is 0.703. The molecule has 0 saturated carbocycles. The van der Waals surface area contributed by atoms with Crippen LogP contribution in [0.3, 0.4) is 0 Å². The lowest BCUT2D eigenvalue weighted by atomic mass is 10.2. The molecule has 1 fully saturated rings. The van der Waals surface area contributed by atoms with E-state index in [0.29, 0.717) is 29.5 Å². The van der Waals surface area contributed by atoms with Crippen LogP contribution >= 0.6 is 0 Å². The molecule has 4 rings (SSSR count). The smallest absolute Gasteiger partial charge is 0.247 e. The lowest BCUT2D eigenvalue weighted by molar-refractivity contribution is 0.226. The molecule has 0 N–H and O–H groups in total. The molecular weight excluding hydrogens is 347 g/mol. The first kappa shape index (κ1) is 17.1. The monoisotopic (exact) mass is 364 g/mol. The Morgan fingerprint density at radius 2 is 1.85 bits per heavy atom. The summed E-state index contributed by atoms with van der Waals surface area (Å²) in [5, 5.41) is 17.4. The fraction of sp³-hybridized carbons (Fsp3) is 0.263. The van der Waals surface area contributed by atoms with E-state index in [1.165, 1.54) is 12.1 Å². The number of nitrogens with zero attached hydrogens (tertiary/aromatic N) is 6. The van der Waals surface area contributed by atoms with Crippen LogP contribution in [0.15, 0.2) is 47.0 Å². The number of pyridine rings is 1. The van der Waals surface area contributed by atoms with E-state index in [1.807, 2.05) is 0 Å². The molecule has 0 spiro atoms. The van der Waals surface area contributed by atoms with Gasteiger partial charge in [0.1, 0.15) is 17.7 Å². The van der Waals surface area contributed by atoms with Crippen LogP contribution in [-0.2, 0) is 6.54 Å². The van der Waals surface area contributed by atoms with Crippen molar-refractivity contribution < 1.29 is 8.81 Å². The van der Waals surface area contributed by atoms with Gasteiger partial charge in [-0.05, 0) is 36.4 Å². The molecule has 3 heterocycles. The topological polar surface area (TPSA) is 82.1 Å². The summed E-state index contributed by atoms with van der Waals surface area (Å²) in [6.07, 6.45) is 1.71. The van der Waals surface area contributed by atoms with Crippen LogP contribution in [-0.4, -0.2) is 46.3 Å². The van der Waals surface area contributed by atoms with Gasteiger partial charge in [-0.25, -0.2) is 9.37 Å². The predicted molar refractivity (Wildman–Crippen MR) is 96.1 cm³/mol. The minimum absolute atomic E-state index is 0.302. The van der Waals surface area contributed by atoms with Gasteiger partial charge in [0.05, 0.1) is 12.1 Å². The first-order valence-electron chi connectivity index (χ1n) is 8.63. The van der Waals surface area contributed by atoms with E-state index in [0.717, 1.165) is 32.0 Å². The van der Waals surface area contributed by atoms with Crippen molar-refractivity contribution in [2.24, 2.45) is 0 Å². The lowest BCUT2D eigenvalue weighted by Gasteiger charge is -2.34. The summed E-state index contributed by atoms with van der Waals surface area (Å²) in [6.45, 7) is 3.69. The fourth-order valence-corrected chi connectivity index (χ4v) is 3.07. The number of anilines is 1. The largest absolute Gasteiger partial charge is 0.419 e. The highest BCUT2D eigenvalue weighted by Gasteiger charge is 2.21. The average molecular weight is 364 g/mol. The Labute approximate surface area is 155 Å². The SMILES string of the molecule is N#Cc1cccnc1N1CCN(Cc2nnc(-c3ccc(F)cc3)o2)CC1. The Bertz CT molecular complexity index is 957. The van der Waals surface area contributed by atoms with Gasteiger partial charge >= 0.3 is 0 Å². The Balaban J connectivity index is 1.37. The average Bonchev–Trinajstić information content (AvgIpc) is 3.17. The number of rotatable bonds is 4. The summed E-state index contributed by atoms with van der Waals surface area (Å²) in [4.78, 5) is 8.68. The van der Waals surface area contributed by atoms with Gasteiger partial charge in [0.15, 0.2) is 0 Å². The standard InChI is InChI=1S/C19H17FN6O/c20-16-5-3-14(4-6-16)19-24-23-17(27-19)13-25-8-10-26(11-9-25)18-15(12-21)2-1-7-22-18/h1-7H,8-11,13H2. The summed E-state index contributed by atoms with van der Waals surface area (Å²) in [6, 6.07) is 11.7. The molecule has 8 heteroatoms. The third kappa shape index (κ3) is 3.78. The van der Waals surface area contributed by atoms with Gasteiger partial charge in [-0.3, -0.25) is 4.90 Å². The molecule has 1 aliphatic heterocycles. The van der Waals surface area contributed by atoms with Crippen molar-refractivity contribution in [1.29, 1.82) is 5.26 Å². The highest BCUT2D eigenvalue weighted by molar-refractivity contribution is 5.54. The van der Waals surface area contributed by atoms with Gasteiger partial charge in [0.2, 0.25) is 11.8 Å². The van der Waals surface area contributed by atoms with Crippen LogP contribution < -0.4 is 4.90 Å². The molecule has 0 amide bonds. The molecule has 0 radical (unpaired) electrons. The van der Waals surface area contributed by atoms with Crippen molar-refractivity contribution >= 4 is 5.82 Å². The number of aromatic nitrogens is 3. The highest BCUT2D eigenvalue weighted by Crippen LogP contribution is 2.21. The summed E-state index contributed by atoms with van der Waals surface area (Å²) in [7, 11) is 0. The molecule has 1 aliphatic rings. The van der Waals surface area contributed by atoms with Crippen LogP contribution in [0.1, 0.15) is 11.5 Å². The van der Waals surface area contributed by atoms with Gasteiger partial charge in [-0.2, -0.15) is 5.26 Å². The van der Waals surface area contributed by atoms with Crippen molar-refractivity contribution in [3.8, 4) is 17.5 Å². The zero-order valence-corrected chi connectivity index (χ0v) is 14.5. The summed E-state index contributed by atoms with van der Waals surface area (Å²) < 4.78 is 18.7. The molecular formula is C19H17FN6O. The Morgan fingerprint density at radius 1 is 1.07 bits per heavy atom. The van der Waals surface area contributed by atoms with E-state index in [-0.39, 0.29) is 5.82 Å². The molecule has 27 heavy (non-hydrogen) atoms. The third-order valence-corrected chi connectivity index (χ3v) is 4.50. The van der Waals surface area contributed by atoms with Crippen molar-refractivity contribution in [3.63, 3.8) is 0 Å². The van der Waals surface area contributed by atoms with Gasteiger partial charge in [-0.1, -0.05) is 0 Å². The molecule has 136 valence electrons. The molecule has 2 aromatic heterocycles. The second-order valence-electron chi connectivity index (χ2n) is 6.26. The maximum Gasteiger partial charge on any atom is 0.247 e. The second-order valence-corrected chi connectivity index (χ2v) is 6.26. The van der Waals surface area contributed by atoms with E-state index in [9.17, 15) is 9.65 Å². The predicted octanol–water partition coefficient (Wildman–Crippen LogP) is 2.46. The molecule has 0 atom stereocenters. The number of hydrogen-bond acceptors (Lipinski definition) is 7. The zero-order chi connectivity index (χ0) is 18.6. The van der Waals surface area contributed by atoms with Crippen LogP contribution in [0.5, 0.6) is 0 Å². The first-order chi connectivity index (χ1) is 13.2. The Hall–Kier alpha value is -3.31. The number of piperazine rings is 1. The molecule has 1 aromatic carbocycles. The van der Waals surface area contributed by atoms with E-state index >= 15 is 0 Å². The van der Waals surface area contributed by atoms with Crippen LogP contribution in [0.2, 0.25) is 0 Å². The molecule has 3 aromatic rings. The van der Waals surface area contributed by atoms with E-state index in [2.05, 4.69) is 31.1 Å². The molecule has 0 bridgehead atoms. The second kappa shape index (κ2) is 7.51. The molecule has 1 saturated heterocycles. The number of halogens is 1. The molecule has 7 nitrogen and oxygen atoms in total. The van der Waals surface area contributed by atoms with Gasteiger partial charge < -0.3 is 9.32 Å². The zero-order valence-electron chi connectivity index (χ0n) is 14.5. The van der Waals surface area contributed by atoms with Crippen LogP contribution in [0, 0.1) is 17.1 Å². The van der Waals surface area contributed by atoms with Crippen molar-refractivity contribution in [2.45, 2.75) is 6.54 Å².